The van der Waals surface area contributed by atoms with E-state index in [0.717, 1.165) is 16.6 Å². The molecule has 0 saturated carbocycles. The third-order valence-electron chi connectivity index (χ3n) is 4.82. The molecule has 154 valence electrons. The van der Waals surface area contributed by atoms with E-state index in [1.165, 1.54) is 11.6 Å². The smallest absolute Gasteiger partial charge is 0.332 e. The number of rotatable bonds is 8. The van der Waals surface area contributed by atoms with Crippen molar-refractivity contribution >= 4 is 17.1 Å². The van der Waals surface area contributed by atoms with Gasteiger partial charge in [-0.05, 0) is 24.1 Å². The van der Waals surface area contributed by atoms with Crippen LogP contribution in [0.15, 0.2) is 33.9 Å². The van der Waals surface area contributed by atoms with Crippen molar-refractivity contribution in [2.24, 2.45) is 19.8 Å². The van der Waals surface area contributed by atoms with Gasteiger partial charge < -0.3 is 15.0 Å². The van der Waals surface area contributed by atoms with Crippen molar-refractivity contribution in [3.05, 3.63) is 62.1 Å². The predicted molar refractivity (Wildman–Crippen MR) is 109 cm³/mol. The lowest BCUT2D eigenvalue weighted by atomic mass is 10.1. The van der Waals surface area contributed by atoms with Crippen LogP contribution in [0.4, 0.5) is 0 Å². The third kappa shape index (κ3) is 4.00. The van der Waals surface area contributed by atoms with Crippen LogP contribution in [0, 0.1) is 0 Å². The molecule has 0 atom stereocenters. The van der Waals surface area contributed by atoms with Gasteiger partial charge in [-0.3, -0.25) is 18.7 Å². The molecule has 1 amide bonds. The molecular formula is C20H25N5O4. The second-order valence-corrected chi connectivity index (χ2v) is 6.92. The molecule has 2 heterocycles. The molecule has 9 heteroatoms. The van der Waals surface area contributed by atoms with Gasteiger partial charge in [-0.15, -0.1) is 0 Å². The zero-order valence-electron chi connectivity index (χ0n) is 16.8. The molecule has 3 aromatic rings. The number of benzene rings is 1. The topological polar surface area (TPSA) is 114 Å². The van der Waals surface area contributed by atoms with E-state index in [1.807, 2.05) is 11.5 Å². The number of carbonyl (C=O) groups is 1. The monoisotopic (exact) mass is 399 g/mol. The minimum absolute atomic E-state index is 0.345. The van der Waals surface area contributed by atoms with Crippen LogP contribution in [-0.2, 0) is 31.8 Å². The first-order chi connectivity index (χ1) is 13.8. The Morgan fingerprint density at radius 1 is 1.10 bits per heavy atom. The minimum Gasteiger partial charge on any atom is -0.381 e. The molecule has 3 rings (SSSR count). The van der Waals surface area contributed by atoms with Crippen LogP contribution >= 0.6 is 0 Å². The lowest BCUT2D eigenvalue weighted by Crippen LogP contribution is -2.37. The molecule has 0 bridgehead atoms. The van der Waals surface area contributed by atoms with Gasteiger partial charge in [-0.2, -0.15) is 0 Å². The van der Waals surface area contributed by atoms with Crippen molar-refractivity contribution in [3.8, 4) is 0 Å². The van der Waals surface area contributed by atoms with Gasteiger partial charge in [0, 0.05) is 39.2 Å². The van der Waals surface area contributed by atoms with Crippen LogP contribution in [-0.4, -0.2) is 37.8 Å². The van der Waals surface area contributed by atoms with Crippen LogP contribution < -0.4 is 17.0 Å². The summed E-state index contributed by atoms with van der Waals surface area (Å²) in [4.78, 5) is 41.0. The summed E-state index contributed by atoms with van der Waals surface area (Å²) in [6.07, 6.45) is 1.42. The number of aryl methyl sites for hydroxylation is 1. The van der Waals surface area contributed by atoms with Gasteiger partial charge in [0.1, 0.15) is 5.82 Å². The SMILES string of the molecule is CCCOCCc1nc2c(c(=O)n(C)c(=O)n2C)n1Cc1ccc(C(N)=O)cc1. The van der Waals surface area contributed by atoms with E-state index in [4.69, 9.17) is 10.5 Å². The number of aromatic nitrogens is 4. The summed E-state index contributed by atoms with van der Waals surface area (Å²) in [5.74, 6) is 0.163. The van der Waals surface area contributed by atoms with E-state index in [-0.39, 0.29) is 0 Å². The quantitative estimate of drug-likeness (QED) is 0.556. The van der Waals surface area contributed by atoms with Gasteiger partial charge in [-0.1, -0.05) is 19.1 Å². The Bertz CT molecular complexity index is 1150. The average molecular weight is 399 g/mol. The number of carbonyl (C=O) groups excluding carboxylic acids is 1. The molecule has 0 aliphatic carbocycles. The number of hydrogen-bond acceptors (Lipinski definition) is 5. The fourth-order valence-electron chi connectivity index (χ4n) is 3.22. The molecule has 0 unspecified atom stereocenters. The van der Waals surface area contributed by atoms with Crippen LogP contribution in [0.3, 0.4) is 0 Å². The highest BCUT2D eigenvalue weighted by molar-refractivity contribution is 5.92. The van der Waals surface area contributed by atoms with Crippen LogP contribution in [0.5, 0.6) is 0 Å². The van der Waals surface area contributed by atoms with Crippen molar-refractivity contribution in [1.29, 1.82) is 0 Å². The summed E-state index contributed by atoms with van der Waals surface area (Å²) in [7, 11) is 3.05. The number of nitrogens with zero attached hydrogens (tertiary/aromatic N) is 4. The van der Waals surface area contributed by atoms with Crippen LogP contribution in [0.1, 0.15) is 35.1 Å². The highest BCUT2D eigenvalue weighted by Gasteiger charge is 2.19. The summed E-state index contributed by atoms with van der Waals surface area (Å²) in [5.41, 5.74) is 6.47. The van der Waals surface area contributed by atoms with Crippen molar-refractivity contribution < 1.29 is 9.53 Å². The number of primary amides is 1. The molecule has 0 spiro atoms. The molecule has 0 fully saturated rings. The second kappa shape index (κ2) is 8.44. The van der Waals surface area contributed by atoms with E-state index >= 15 is 0 Å². The van der Waals surface area contributed by atoms with Gasteiger partial charge >= 0.3 is 5.69 Å². The summed E-state index contributed by atoms with van der Waals surface area (Å²) in [5, 5.41) is 0. The predicted octanol–water partition coefficient (Wildman–Crippen LogP) is 0.550. The zero-order chi connectivity index (χ0) is 21.1. The minimum atomic E-state index is -0.498. The molecule has 0 saturated heterocycles. The molecule has 0 radical (unpaired) electrons. The Morgan fingerprint density at radius 3 is 2.41 bits per heavy atom. The molecule has 2 N–H and O–H groups in total. The van der Waals surface area contributed by atoms with Gasteiger partial charge in [0.2, 0.25) is 5.91 Å². The molecule has 1 aromatic carbocycles. The first kappa shape index (κ1) is 20.5. The van der Waals surface area contributed by atoms with E-state index in [2.05, 4.69) is 4.98 Å². The zero-order valence-corrected chi connectivity index (χ0v) is 16.8. The average Bonchev–Trinajstić information content (AvgIpc) is 3.07. The normalized spacial score (nSPS) is 11.3. The number of ether oxygens (including phenoxy) is 1. The Hall–Kier alpha value is -3.20. The van der Waals surface area contributed by atoms with E-state index in [1.54, 1.807) is 31.3 Å². The van der Waals surface area contributed by atoms with Gasteiger partial charge in [0.25, 0.3) is 5.56 Å². The molecular weight excluding hydrogens is 374 g/mol. The van der Waals surface area contributed by atoms with Gasteiger partial charge in [-0.25, -0.2) is 9.78 Å². The Morgan fingerprint density at radius 2 is 1.79 bits per heavy atom. The van der Waals surface area contributed by atoms with E-state index in [0.29, 0.717) is 48.7 Å². The summed E-state index contributed by atoms with van der Waals surface area (Å²) < 4.78 is 9.84. The maximum atomic E-state index is 12.8. The third-order valence-corrected chi connectivity index (χ3v) is 4.82. The molecule has 9 nitrogen and oxygen atoms in total. The molecule has 2 aromatic heterocycles. The first-order valence-electron chi connectivity index (χ1n) is 9.46. The standard InChI is InChI=1S/C20H25N5O4/c1-4-10-29-11-9-15-22-18-16(19(27)24(3)20(28)23(18)2)25(15)12-13-5-7-14(8-6-13)17(21)26/h5-8H,4,9-12H2,1-3H3,(H2,21,26). The molecule has 0 aliphatic heterocycles. The number of fused-ring (bicyclic) bond motifs is 1. The number of imidazole rings is 1. The lowest BCUT2D eigenvalue weighted by molar-refractivity contribution is 0.1000. The largest absolute Gasteiger partial charge is 0.381 e. The Kier molecular flexibility index (Phi) is 5.97. The molecule has 0 aliphatic rings. The maximum absolute atomic E-state index is 12.8. The summed E-state index contributed by atoms with van der Waals surface area (Å²) in [6, 6.07) is 6.87. The highest BCUT2D eigenvalue weighted by atomic mass is 16.5. The lowest BCUT2D eigenvalue weighted by Gasteiger charge is -2.10. The summed E-state index contributed by atoms with van der Waals surface area (Å²) in [6.45, 7) is 3.51. The van der Waals surface area contributed by atoms with Crippen LogP contribution in [0.25, 0.3) is 11.2 Å². The highest BCUT2D eigenvalue weighted by Crippen LogP contribution is 2.15. The fraction of sp³-hybridized carbons (Fsp3) is 0.400. The van der Waals surface area contributed by atoms with Gasteiger partial charge in [0.15, 0.2) is 11.2 Å². The van der Waals surface area contributed by atoms with E-state index < -0.39 is 17.2 Å². The Balaban J connectivity index is 2.09. The number of hydrogen-bond donors (Lipinski definition) is 1. The van der Waals surface area contributed by atoms with Crippen molar-refractivity contribution in [1.82, 2.24) is 18.7 Å². The van der Waals surface area contributed by atoms with Crippen molar-refractivity contribution in [2.75, 3.05) is 13.2 Å². The van der Waals surface area contributed by atoms with Gasteiger partial charge in [0.05, 0.1) is 6.61 Å². The van der Waals surface area contributed by atoms with E-state index in [9.17, 15) is 14.4 Å². The number of amides is 1. The summed E-state index contributed by atoms with van der Waals surface area (Å²) >= 11 is 0. The first-order valence-corrected chi connectivity index (χ1v) is 9.46. The number of nitrogens with two attached hydrogens (primary N) is 1. The van der Waals surface area contributed by atoms with Crippen molar-refractivity contribution in [2.45, 2.75) is 26.3 Å². The second-order valence-electron chi connectivity index (χ2n) is 6.92. The maximum Gasteiger partial charge on any atom is 0.332 e. The fourth-order valence-corrected chi connectivity index (χ4v) is 3.22. The Labute approximate surface area is 167 Å². The van der Waals surface area contributed by atoms with Crippen molar-refractivity contribution in [3.63, 3.8) is 0 Å². The molecule has 29 heavy (non-hydrogen) atoms. The van der Waals surface area contributed by atoms with Crippen LogP contribution in [0.2, 0.25) is 0 Å².